The van der Waals surface area contributed by atoms with Crippen LogP contribution in [0.3, 0.4) is 0 Å². The molecule has 3 rings (SSSR count). The van der Waals surface area contributed by atoms with Crippen LogP contribution >= 0.6 is 0 Å². The number of carbonyl (C=O) groups is 1. The lowest BCUT2D eigenvalue weighted by Gasteiger charge is -2.25. The van der Waals surface area contributed by atoms with E-state index < -0.39 is 0 Å². The Labute approximate surface area is 102 Å². The minimum absolute atomic E-state index is 0.0410. The summed E-state index contributed by atoms with van der Waals surface area (Å²) >= 11 is 0. The summed E-state index contributed by atoms with van der Waals surface area (Å²) in [6.07, 6.45) is 1.94. The lowest BCUT2D eigenvalue weighted by atomic mass is 10.1. The first-order valence-electron chi connectivity index (χ1n) is 6.28. The lowest BCUT2D eigenvalue weighted by molar-refractivity contribution is -0.130. The van der Waals surface area contributed by atoms with Crippen molar-refractivity contribution < 1.29 is 4.79 Å². The molecule has 0 saturated carbocycles. The molecule has 1 amide bonds. The van der Waals surface area contributed by atoms with Gasteiger partial charge in [0, 0.05) is 32.2 Å². The van der Waals surface area contributed by atoms with Gasteiger partial charge < -0.3 is 9.80 Å². The van der Waals surface area contributed by atoms with Crippen molar-refractivity contribution >= 4 is 11.6 Å². The van der Waals surface area contributed by atoms with Crippen LogP contribution in [0.15, 0.2) is 18.2 Å². The van der Waals surface area contributed by atoms with Crippen LogP contribution < -0.4 is 4.90 Å². The molecule has 17 heavy (non-hydrogen) atoms. The number of benzene rings is 1. The quantitative estimate of drug-likeness (QED) is 0.675. The van der Waals surface area contributed by atoms with Crippen molar-refractivity contribution in [1.82, 2.24) is 4.90 Å². The van der Waals surface area contributed by atoms with Crippen molar-refractivity contribution in [2.45, 2.75) is 25.8 Å². The van der Waals surface area contributed by atoms with Gasteiger partial charge in [-0.15, -0.1) is 0 Å². The van der Waals surface area contributed by atoms with E-state index in [1.54, 1.807) is 0 Å². The normalized spacial score (nSPS) is 23.4. The number of rotatable bonds is 0. The molecule has 2 aliphatic heterocycles. The van der Waals surface area contributed by atoms with Gasteiger partial charge in [0.1, 0.15) is 6.04 Å². The van der Waals surface area contributed by atoms with Crippen molar-refractivity contribution in [2.75, 3.05) is 25.0 Å². The van der Waals surface area contributed by atoms with Crippen LogP contribution in [0.5, 0.6) is 0 Å². The highest BCUT2D eigenvalue weighted by Crippen LogP contribution is 2.34. The molecule has 2 aliphatic rings. The molecule has 1 aromatic carbocycles. The fourth-order valence-corrected chi connectivity index (χ4v) is 2.94. The van der Waals surface area contributed by atoms with Crippen LogP contribution in [-0.4, -0.2) is 37.0 Å². The number of nitrogens with zero attached hydrogens (tertiary/aromatic N) is 2. The van der Waals surface area contributed by atoms with Crippen molar-refractivity contribution in [3.05, 3.63) is 29.3 Å². The largest absolute Gasteiger partial charge is 0.359 e. The van der Waals surface area contributed by atoms with Gasteiger partial charge in [-0.05, 0) is 30.5 Å². The molecule has 0 aromatic heterocycles. The van der Waals surface area contributed by atoms with Gasteiger partial charge >= 0.3 is 0 Å². The first-order valence-corrected chi connectivity index (χ1v) is 6.28. The molecule has 0 spiro atoms. The Hall–Kier alpha value is -1.51. The number of amides is 1. The number of aryl methyl sites for hydroxylation is 1. The van der Waals surface area contributed by atoms with E-state index in [9.17, 15) is 4.79 Å². The number of hydrogen-bond donors (Lipinski definition) is 0. The van der Waals surface area contributed by atoms with Gasteiger partial charge in [-0.2, -0.15) is 0 Å². The third-order valence-electron chi connectivity index (χ3n) is 3.89. The highest BCUT2D eigenvalue weighted by atomic mass is 16.2. The number of anilines is 1. The van der Waals surface area contributed by atoms with Crippen molar-refractivity contribution in [2.24, 2.45) is 0 Å². The monoisotopic (exact) mass is 230 g/mol. The molecule has 3 nitrogen and oxygen atoms in total. The standard InChI is InChI=1S/C14H18N2O/c1-10-4-5-11-9-13-14(17)15(2)6-3-7-16(13)12(11)8-10/h4-5,8,13H,3,6-7,9H2,1-2H3. The average Bonchev–Trinajstić information content (AvgIpc) is 2.60. The Morgan fingerprint density at radius 1 is 1.29 bits per heavy atom. The SMILES string of the molecule is Cc1ccc2c(c1)N1CCCN(C)C(=O)C1C2. The Balaban J connectivity index is 2.01. The molecule has 1 saturated heterocycles. The maximum absolute atomic E-state index is 12.3. The van der Waals surface area contributed by atoms with Gasteiger partial charge in [-0.25, -0.2) is 0 Å². The molecule has 0 radical (unpaired) electrons. The number of hydrogen-bond acceptors (Lipinski definition) is 2. The van der Waals surface area contributed by atoms with Crippen molar-refractivity contribution in [3.8, 4) is 0 Å². The van der Waals surface area contributed by atoms with Gasteiger partial charge in [0.15, 0.2) is 0 Å². The second-order valence-corrected chi connectivity index (χ2v) is 5.16. The van der Waals surface area contributed by atoms with Crippen LogP contribution in [0.25, 0.3) is 0 Å². The fourth-order valence-electron chi connectivity index (χ4n) is 2.94. The summed E-state index contributed by atoms with van der Waals surface area (Å²) in [4.78, 5) is 16.4. The highest BCUT2D eigenvalue weighted by molar-refractivity contribution is 5.88. The average molecular weight is 230 g/mol. The zero-order valence-corrected chi connectivity index (χ0v) is 10.4. The van der Waals surface area contributed by atoms with Gasteiger partial charge in [-0.1, -0.05) is 12.1 Å². The van der Waals surface area contributed by atoms with Crippen LogP contribution in [0.4, 0.5) is 5.69 Å². The van der Waals surface area contributed by atoms with E-state index in [1.807, 2.05) is 11.9 Å². The first kappa shape index (κ1) is 10.6. The van der Waals surface area contributed by atoms with Crippen LogP contribution in [-0.2, 0) is 11.2 Å². The Bertz CT molecular complexity index is 469. The van der Waals surface area contributed by atoms with E-state index in [2.05, 4.69) is 30.0 Å². The topological polar surface area (TPSA) is 23.6 Å². The summed E-state index contributed by atoms with van der Waals surface area (Å²) in [7, 11) is 1.92. The number of likely N-dealkylation sites (N-methyl/N-ethyl adjacent to an activating group) is 1. The van der Waals surface area contributed by atoms with Gasteiger partial charge in [-0.3, -0.25) is 4.79 Å². The zero-order chi connectivity index (χ0) is 12.0. The molecular formula is C14H18N2O. The molecule has 0 N–H and O–H groups in total. The minimum atomic E-state index is 0.0410. The smallest absolute Gasteiger partial charge is 0.245 e. The minimum Gasteiger partial charge on any atom is -0.359 e. The number of fused-ring (bicyclic) bond motifs is 3. The summed E-state index contributed by atoms with van der Waals surface area (Å²) in [6.45, 7) is 3.99. The van der Waals surface area contributed by atoms with E-state index in [0.717, 1.165) is 25.9 Å². The molecule has 0 bridgehead atoms. The maximum Gasteiger partial charge on any atom is 0.245 e. The molecule has 90 valence electrons. The summed E-state index contributed by atoms with van der Waals surface area (Å²) in [5, 5.41) is 0. The summed E-state index contributed by atoms with van der Waals surface area (Å²) in [5.41, 5.74) is 3.87. The van der Waals surface area contributed by atoms with E-state index in [4.69, 9.17) is 0 Å². The summed E-state index contributed by atoms with van der Waals surface area (Å²) in [5.74, 6) is 0.274. The molecule has 1 unspecified atom stereocenters. The predicted octanol–water partition coefficient (Wildman–Crippen LogP) is 1.59. The highest BCUT2D eigenvalue weighted by Gasteiger charge is 2.37. The lowest BCUT2D eigenvalue weighted by Crippen LogP contribution is -2.42. The Kier molecular flexibility index (Phi) is 2.35. The summed E-state index contributed by atoms with van der Waals surface area (Å²) in [6, 6.07) is 6.57. The molecule has 2 heterocycles. The molecule has 0 aliphatic carbocycles. The predicted molar refractivity (Wildman–Crippen MR) is 68.3 cm³/mol. The zero-order valence-electron chi connectivity index (χ0n) is 10.4. The van der Waals surface area contributed by atoms with E-state index in [0.29, 0.717) is 0 Å². The number of carbonyl (C=O) groups excluding carboxylic acids is 1. The first-order chi connectivity index (χ1) is 8.16. The second-order valence-electron chi connectivity index (χ2n) is 5.16. The van der Waals surface area contributed by atoms with Gasteiger partial charge in [0.25, 0.3) is 0 Å². The van der Waals surface area contributed by atoms with Gasteiger partial charge in [0.05, 0.1) is 0 Å². The molecule has 1 atom stereocenters. The Morgan fingerprint density at radius 3 is 2.94 bits per heavy atom. The van der Waals surface area contributed by atoms with E-state index >= 15 is 0 Å². The fraction of sp³-hybridized carbons (Fsp3) is 0.500. The molecular weight excluding hydrogens is 212 g/mol. The maximum atomic E-state index is 12.3. The third-order valence-corrected chi connectivity index (χ3v) is 3.89. The molecule has 1 fully saturated rings. The van der Waals surface area contributed by atoms with Crippen LogP contribution in [0.1, 0.15) is 17.5 Å². The van der Waals surface area contributed by atoms with E-state index in [-0.39, 0.29) is 11.9 Å². The molecule has 3 heteroatoms. The molecule has 1 aromatic rings. The van der Waals surface area contributed by atoms with E-state index in [1.165, 1.54) is 16.8 Å². The second kappa shape index (κ2) is 3.76. The third kappa shape index (κ3) is 1.61. The Morgan fingerprint density at radius 2 is 2.12 bits per heavy atom. The van der Waals surface area contributed by atoms with Crippen molar-refractivity contribution in [1.29, 1.82) is 0 Å². The summed E-state index contributed by atoms with van der Waals surface area (Å²) < 4.78 is 0. The van der Waals surface area contributed by atoms with Crippen LogP contribution in [0.2, 0.25) is 0 Å². The van der Waals surface area contributed by atoms with Gasteiger partial charge in [0.2, 0.25) is 5.91 Å². The van der Waals surface area contributed by atoms with Crippen molar-refractivity contribution in [3.63, 3.8) is 0 Å². The van der Waals surface area contributed by atoms with Crippen LogP contribution in [0, 0.1) is 6.92 Å².